The second kappa shape index (κ2) is 5.74. The van der Waals surface area contributed by atoms with E-state index in [-0.39, 0.29) is 5.91 Å². The first-order valence-corrected chi connectivity index (χ1v) is 6.79. The van der Waals surface area contributed by atoms with Crippen LogP contribution in [-0.4, -0.2) is 19.5 Å². The quantitative estimate of drug-likeness (QED) is 0.906. The summed E-state index contributed by atoms with van der Waals surface area (Å²) in [6.45, 7) is 10.4. The summed E-state index contributed by atoms with van der Waals surface area (Å²) in [6.07, 6.45) is 0. The summed E-state index contributed by atoms with van der Waals surface area (Å²) in [5.74, 6) is 0.504. The van der Waals surface area contributed by atoms with Crippen LogP contribution in [0.2, 0.25) is 0 Å². The van der Waals surface area contributed by atoms with Crippen molar-refractivity contribution in [2.24, 2.45) is 11.1 Å². The Hall–Kier alpha value is -1.35. The Labute approximate surface area is 116 Å². The van der Waals surface area contributed by atoms with Crippen LogP contribution >= 0.6 is 0 Å². The molecule has 1 aromatic carbocycles. The third kappa shape index (κ3) is 3.35. The number of nitrogens with zero attached hydrogens (tertiary/aromatic N) is 1. The molecule has 19 heavy (non-hydrogen) atoms. The molecule has 3 heteroatoms. The van der Waals surface area contributed by atoms with Gasteiger partial charge in [0, 0.05) is 19.3 Å². The minimum atomic E-state index is -0.533. The van der Waals surface area contributed by atoms with Crippen LogP contribution in [0.5, 0.6) is 0 Å². The topological polar surface area (TPSA) is 46.3 Å². The number of carbonyl (C=O) groups is 1. The number of hydrogen-bond acceptors (Lipinski definition) is 2. The highest BCUT2D eigenvalue weighted by Gasteiger charge is 2.30. The lowest BCUT2D eigenvalue weighted by Gasteiger charge is -2.29. The largest absolute Gasteiger partial charge is 0.329 e. The van der Waals surface area contributed by atoms with Crippen molar-refractivity contribution in [3.63, 3.8) is 0 Å². The number of carbonyl (C=O) groups excluding carboxylic acids is 1. The molecule has 1 rings (SSSR count). The first-order chi connectivity index (χ1) is 8.70. The Morgan fingerprint density at radius 2 is 1.95 bits per heavy atom. The van der Waals surface area contributed by atoms with Gasteiger partial charge in [0.2, 0.25) is 5.91 Å². The van der Waals surface area contributed by atoms with Crippen LogP contribution in [0.1, 0.15) is 44.7 Å². The number of benzene rings is 1. The maximum absolute atomic E-state index is 12.5. The van der Waals surface area contributed by atoms with E-state index in [4.69, 9.17) is 5.73 Å². The predicted molar refractivity (Wildman–Crippen MR) is 81.5 cm³/mol. The summed E-state index contributed by atoms with van der Waals surface area (Å²) in [5, 5.41) is 0. The van der Waals surface area contributed by atoms with Gasteiger partial charge in [-0.05, 0) is 43.9 Å². The van der Waals surface area contributed by atoms with Gasteiger partial charge in [-0.3, -0.25) is 4.79 Å². The highest BCUT2D eigenvalue weighted by Crippen LogP contribution is 2.28. The minimum absolute atomic E-state index is 0.0546. The number of rotatable bonds is 4. The van der Waals surface area contributed by atoms with E-state index in [1.54, 1.807) is 4.90 Å². The number of nitrogens with two attached hydrogens (primary N) is 1. The maximum Gasteiger partial charge on any atom is 0.233 e. The average molecular weight is 262 g/mol. The van der Waals surface area contributed by atoms with Gasteiger partial charge in [-0.15, -0.1) is 0 Å². The molecule has 0 aliphatic heterocycles. The molecule has 0 heterocycles. The van der Waals surface area contributed by atoms with E-state index in [0.717, 1.165) is 11.3 Å². The van der Waals surface area contributed by atoms with Crippen molar-refractivity contribution in [1.29, 1.82) is 0 Å². The first-order valence-electron chi connectivity index (χ1n) is 6.79. The van der Waals surface area contributed by atoms with Crippen molar-refractivity contribution < 1.29 is 4.79 Å². The van der Waals surface area contributed by atoms with Crippen molar-refractivity contribution in [2.45, 2.75) is 40.5 Å². The van der Waals surface area contributed by atoms with E-state index in [1.807, 2.05) is 27.8 Å². The summed E-state index contributed by atoms with van der Waals surface area (Å²) in [5.41, 5.74) is 8.48. The molecule has 0 aromatic heterocycles. The lowest BCUT2D eigenvalue weighted by Crippen LogP contribution is -2.43. The standard InChI is InChI=1S/C16H26N2O/c1-11(2)13-8-7-12(3)14(9-13)18(6)15(19)16(4,5)10-17/h7-9,11H,10,17H2,1-6H3. The SMILES string of the molecule is Cc1ccc(C(C)C)cc1N(C)C(=O)C(C)(C)CN. The number of hydrogen-bond donors (Lipinski definition) is 1. The molecule has 0 aliphatic carbocycles. The second-order valence-electron chi connectivity index (χ2n) is 6.15. The smallest absolute Gasteiger partial charge is 0.233 e. The third-order valence-corrected chi connectivity index (χ3v) is 3.66. The van der Waals surface area contributed by atoms with E-state index in [9.17, 15) is 4.79 Å². The van der Waals surface area contributed by atoms with E-state index in [0.29, 0.717) is 12.5 Å². The molecule has 0 fully saturated rings. The molecule has 0 spiro atoms. The molecule has 0 saturated heterocycles. The van der Waals surface area contributed by atoms with Gasteiger partial charge in [0.05, 0.1) is 5.41 Å². The van der Waals surface area contributed by atoms with Gasteiger partial charge in [-0.25, -0.2) is 0 Å². The fourth-order valence-electron chi connectivity index (χ4n) is 2.00. The maximum atomic E-state index is 12.5. The Morgan fingerprint density at radius 3 is 2.42 bits per heavy atom. The lowest BCUT2D eigenvalue weighted by molar-refractivity contribution is -0.125. The molecule has 0 bridgehead atoms. The lowest BCUT2D eigenvalue weighted by atomic mass is 9.91. The predicted octanol–water partition coefficient (Wildman–Crippen LogP) is 3.07. The summed E-state index contributed by atoms with van der Waals surface area (Å²) in [6, 6.07) is 6.30. The molecule has 2 N–H and O–H groups in total. The van der Waals surface area contributed by atoms with Gasteiger partial charge in [0.25, 0.3) is 0 Å². The van der Waals surface area contributed by atoms with Crippen LogP contribution in [0.15, 0.2) is 18.2 Å². The summed E-state index contributed by atoms with van der Waals surface area (Å²) >= 11 is 0. The Kier molecular flexibility index (Phi) is 4.75. The van der Waals surface area contributed by atoms with E-state index < -0.39 is 5.41 Å². The Balaban J connectivity index is 3.15. The van der Waals surface area contributed by atoms with E-state index >= 15 is 0 Å². The third-order valence-electron chi connectivity index (χ3n) is 3.66. The number of amides is 1. The highest BCUT2D eigenvalue weighted by atomic mass is 16.2. The molecule has 0 atom stereocenters. The highest BCUT2D eigenvalue weighted by molar-refractivity contribution is 5.97. The van der Waals surface area contributed by atoms with Gasteiger partial charge in [0.1, 0.15) is 0 Å². The number of aryl methyl sites for hydroxylation is 1. The summed E-state index contributed by atoms with van der Waals surface area (Å²) < 4.78 is 0. The monoisotopic (exact) mass is 262 g/mol. The molecule has 1 amide bonds. The molecular formula is C16H26N2O. The van der Waals surface area contributed by atoms with Crippen LogP contribution in [0.3, 0.4) is 0 Å². The van der Waals surface area contributed by atoms with Gasteiger partial charge in [-0.1, -0.05) is 26.0 Å². The van der Waals surface area contributed by atoms with Crippen LogP contribution in [0.25, 0.3) is 0 Å². The fourth-order valence-corrected chi connectivity index (χ4v) is 2.00. The zero-order chi connectivity index (χ0) is 14.8. The molecular weight excluding hydrogens is 236 g/mol. The van der Waals surface area contributed by atoms with Crippen LogP contribution in [0.4, 0.5) is 5.69 Å². The molecule has 106 valence electrons. The molecule has 1 aromatic rings. The number of anilines is 1. The van der Waals surface area contributed by atoms with Crippen molar-refractivity contribution in [3.8, 4) is 0 Å². The molecule has 0 unspecified atom stereocenters. The van der Waals surface area contributed by atoms with Crippen molar-refractivity contribution in [2.75, 3.05) is 18.5 Å². The first kappa shape index (κ1) is 15.7. The molecule has 3 nitrogen and oxygen atoms in total. The van der Waals surface area contributed by atoms with Crippen molar-refractivity contribution >= 4 is 11.6 Å². The van der Waals surface area contributed by atoms with Crippen LogP contribution < -0.4 is 10.6 Å². The fraction of sp³-hybridized carbons (Fsp3) is 0.562. The Bertz CT molecular complexity index is 464. The van der Waals surface area contributed by atoms with Crippen LogP contribution in [-0.2, 0) is 4.79 Å². The minimum Gasteiger partial charge on any atom is -0.329 e. The summed E-state index contributed by atoms with van der Waals surface area (Å²) in [4.78, 5) is 14.2. The summed E-state index contributed by atoms with van der Waals surface area (Å²) in [7, 11) is 1.83. The molecule has 0 radical (unpaired) electrons. The molecule has 0 aliphatic rings. The zero-order valence-corrected chi connectivity index (χ0v) is 12.9. The van der Waals surface area contributed by atoms with Gasteiger partial charge in [-0.2, -0.15) is 0 Å². The van der Waals surface area contributed by atoms with Crippen molar-refractivity contribution in [1.82, 2.24) is 0 Å². The van der Waals surface area contributed by atoms with Gasteiger partial charge >= 0.3 is 0 Å². The average Bonchev–Trinajstić information content (AvgIpc) is 2.37. The van der Waals surface area contributed by atoms with Crippen molar-refractivity contribution in [3.05, 3.63) is 29.3 Å². The Morgan fingerprint density at radius 1 is 1.37 bits per heavy atom. The van der Waals surface area contributed by atoms with Gasteiger partial charge < -0.3 is 10.6 Å². The van der Waals surface area contributed by atoms with Gasteiger partial charge in [0.15, 0.2) is 0 Å². The second-order valence-corrected chi connectivity index (χ2v) is 6.15. The molecule has 0 saturated carbocycles. The van der Waals surface area contributed by atoms with E-state index in [1.165, 1.54) is 5.56 Å². The van der Waals surface area contributed by atoms with Crippen LogP contribution in [0, 0.1) is 12.3 Å². The normalized spacial score (nSPS) is 11.8. The van der Waals surface area contributed by atoms with E-state index in [2.05, 4.69) is 32.0 Å². The zero-order valence-electron chi connectivity index (χ0n) is 12.9.